The molecule has 2 N–H and O–H groups in total. The van der Waals surface area contributed by atoms with Gasteiger partial charge >= 0.3 is 0 Å². The van der Waals surface area contributed by atoms with E-state index in [1.807, 2.05) is 0 Å². The van der Waals surface area contributed by atoms with Gasteiger partial charge in [-0.1, -0.05) is 32.0 Å². The molecule has 32 heavy (non-hydrogen) atoms. The second-order valence-corrected chi connectivity index (χ2v) is 10.0. The molecular weight excluding hydrogens is 426 g/mol. The van der Waals surface area contributed by atoms with Crippen LogP contribution in [0.2, 0.25) is 0 Å². The van der Waals surface area contributed by atoms with Gasteiger partial charge in [0, 0.05) is 36.9 Å². The van der Waals surface area contributed by atoms with Crippen molar-refractivity contribution in [1.29, 1.82) is 0 Å². The SMILES string of the molecule is CC(=O)N[C@@H](Cc1cc(F)cc(F)c1)[C@H](S)CN[C@H]1CCCc2ccc(CC(C)C)cc21. The zero-order valence-electron chi connectivity index (χ0n) is 19.1. The van der Waals surface area contributed by atoms with E-state index in [9.17, 15) is 13.6 Å². The Labute approximate surface area is 195 Å². The zero-order chi connectivity index (χ0) is 23.3. The predicted molar refractivity (Wildman–Crippen MR) is 129 cm³/mol. The molecule has 0 bridgehead atoms. The highest BCUT2D eigenvalue weighted by atomic mass is 32.1. The lowest BCUT2D eigenvalue weighted by Gasteiger charge is -2.30. The average molecular weight is 461 g/mol. The molecule has 3 nitrogen and oxygen atoms in total. The first-order chi connectivity index (χ1) is 15.2. The summed E-state index contributed by atoms with van der Waals surface area (Å²) < 4.78 is 27.3. The highest BCUT2D eigenvalue weighted by Gasteiger charge is 2.24. The molecule has 1 aliphatic rings. The van der Waals surface area contributed by atoms with E-state index in [0.717, 1.165) is 31.7 Å². The number of thiol groups is 1. The van der Waals surface area contributed by atoms with Crippen LogP contribution in [0, 0.1) is 17.6 Å². The van der Waals surface area contributed by atoms with Gasteiger partial charge in [-0.3, -0.25) is 4.79 Å². The molecule has 1 amide bonds. The Morgan fingerprint density at radius 2 is 1.81 bits per heavy atom. The van der Waals surface area contributed by atoms with Crippen molar-refractivity contribution in [2.24, 2.45) is 5.92 Å². The van der Waals surface area contributed by atoms with Crippen molar-refractivity contribution in [3.05, 3.63) is 70.3 Å². The maximum Gasteiger partial charge on any atom is 0.217 e. The van der Waals surface area contributed by atoms with Crippen LogP contribution in [0.1, 0.15) is 61.9 Å². The van der Waals surface area contributed by atoms with E-state index in [1.165, 1.54) is 35.7 Å². The van der Waals surface area contributed by atoms with Gasteiger partial charge in [-0.25, -0.2) is 8.78 Å². The molecule has 0 fully saturated rings. The summed E-state index contributed by atoms with van der Waals surface area (Å²) in [4.78, 5) is 11.8. The number of hydrogen-bond donors (Lipinski definition) is 3. The van der Waals surface area contributed by atoms with Gasteiger partial charge in [0.05, 0.1) is 0 Å². The number of fused-ring (bicyclic) bond motifs is 1. The lowest BCUT2D eigenvalue weighted by Crippen LogP contribution is -2.46. The summed E-state index contributed by atoms with van der Waals surface area (Å²) in [5.74, 6) is -0.818. The standard InChI is InChI=1S/C26H34F2N2OS/c1-16(2)9-18-7-8-20-5-4-6-24(23(20)12-18)29-15-26(32)25(30-17(3)31)13-19-10-21(27)14-22(28)11-19/h7-8,10-12,14,16,24-26,29,32H,4-6,9,13,15H2,1-3H3,(H,30,31)/t24-,25-,26+/m0/s1. The first-order valence-electron chi connectivity index (χ1n) is 11.5. The van der Waals surface area contributed by atoms with Crippen molar-refractivity contribution >= 4 is 18.5 Å². The normalized spacial score (nSPS) is 17.7. The summed E-state index contributed by atoms with van der Waals surface area (Å²) in [6.45, 7) is 6.48. The van der Waals surface area contributed by atoms with E-state index in [4.69, 9.17) is 12.6 Å². The molecule has 0 unspecified atom stereocenters. The van der Waals surface area contributed by atoms with Crippen LogP contribution in [0.25, 0.3) is 0 Å². The summed E-state index contributed by atoms with van der Waals surface area (Å²) in [5.41, 5.74) is 4.62. The minimum atomic E-state index is -0.619. The van der Waals surface area contributed by atoms with Gasteiger partial charge in [0.2, 0.25) is 5.91 Å². The highest BCUT2D eigenvalue weighted by Crippen LogP contribution is 2.31. The Morgan fingerprint density at radius 1 is 1.09 bits per heavy atom. The third kappa shape index (κ3) is 7.04. The summed E-state index contributed by atoms with van der Waals surface area (Å²) >= 11 is 4.75. The van der Waals surface area contributed by atoms with Gasteiger partial charge in [0.1, 0.15) is 11.6 Å². The maximum atomic E-state index is 13.6. The molecule has 2 aromatic carbocycles. The molecule has 1 aliphatic carbocycles. The molecule has 3 rings (SSSR count). The van der Waals surface area contributed by atoms with E-state index in [2.05, 4.69) is 42.7 Å². The van der Waals surface area contributed by atoms with Crippen molar-refractivity contribution in [3.8, 4) is 0 Å². The molecule has 0 aromatic heterocycles. The molecule has 0 saturated heterocycles. The molecule has 0 spiro atoms. The quantitative estimate of drug-likeness (QED) is 0.452. The van der Waals surface area contributed by atoms with Crippen LogP contribution in [-0.2, 0) is 24.1 Å². The number of carbonyl (C=O) groups excluding carboxylic acids is 1. The predicted octanol–water partition coefficient (Wildman–Crippen LogP) is 5.18. The minimum Gasteiger partial charge on any atom is -0.352 e. The van der Waals surface area contributed by atoms with Crippen molar-refractivity contribution in [2.45, 2.75) is 70.2 Å². The van der Waals surface area contributed by atoms with Gasteiger partial charge in [0.15, 0.2) is 0 Å². The summed E-state index contributed by atoms with van der Waals surface area (Å²) in [5, 5.41) is 6.34. The van der Waals surface area contributed by atoms with Gasteiger partial charge in [-0.15, -0.1) is 0 Å². The molecule has 174 valence electrons. The maximum absolute atomic E-state index is 13.6. The van der Waals surface area contributed by atoms with Crippen LogP contribution in [0.4, 0.5) is 8.78 Å². The van der Waals surface area contributed by atoms with E-state index < -0.39 is 11.6 Å². The lowest BCUT2D eigenvalue weighted by atomic mass is 9.85. The van der Waals surface area contributed by atoms with Gasteiger partial charge in [0.25, 0.3) is 0 Å². The Kier molecular flexibility index (Phi) is 8.72. The van der Waals surface area contributed by atoms with E-state index in [1.54, 1.807) is 0 Å². The van der Waals surface area contributed by atoms with Gasteiger partial charge in [-0.05, 0) is 72.4 Å². The van der Waals surface area contributed by atoms with E-state index in [-0.39, 0.29) is 23.2 Å². The number of aryl methyl sites for hydroxylation is 1. The molecule has 6 heteroatoms. The number of rotatable bonds is 9. The molecule has 0 aliphatic heterocycles. The number of carbonyl (C=O) groups is 1. The number of halogens is 2. The minimum absolute atomic E-state index is 0.188. The Hall–Kier alpha value is -1.92. The van der Waals surface area contributed by atoms with Crippen molar-refractivity contribution < 1.29 is 13.6 Å². The summed E-state index contributed by atoms with van der Waals surface area (Å²) in [7, 11) is 0. The van der Waals surface area contributed by atoms with Crippen molar-refractivity contribution in [3.63, 3.8) is 0 Å². The summed E-state index contributed by atoms with van der Waals surface area (Å²) in [6, 6.07) is 10.2. The number of benzene rings is 2. The number of amides is 1. The van der Waals surface area contributed by atoms with Crippen LogP contribution in [-0.4, -0.2) is 23.7 Å². The first kappa shape index (κ1) is 24.7. The second kappa shape index (κ2) is 11.3. The third-order valence-electron chi connectivity index (χ3n) is 5.97. The monoisotopic (exact) mass is 460 g/mol. The number of hydrogen-bond acceptors (Lipinski definition) is 3. The summed E-state index contributed by atoms with van der Waals surface area (Å²) in [6.07, 6.45) is 4.65. The van der Waals surface area contributed by atoms with Crippen molar-refractivity contribution in [2.75, 3.05) is 6.54 Å². The van der Waals surface area contributed by atoms with Crippen LogP contribution < -0.4 is 10.6 Å². The molecule has 0 radical (unpaired) electrons. The number of nitrogens with one attached hydrogen (secondary N) is 2. The smallest absolute Gasteiger partial charge is 0.217 e. The molecular formula is C26H34F2N2OS. The fourth-order valence-electron chi connectivity index (χ4n) is 4.59. The largest absolute Gasteiger partial charge is 0.352 e. The zero-order valence-corrected chi connectivity index (χ0v) is 20.0. The third-order valence-corrected chi connectivity index (χ3v) is 6.52. The molecule has 3 atom stereocenters. The lowest BCUT2D eigenvalue weighted by molar-refractivity contribution is -0.119. The Morgan fingerprint density at radius 3 is 2.47 bits per heavy atom. The van der Waals surface area contributed by atoms with E-state index >= 15 is 0 Å². The van der Waals surface area contributed by atoms with Crippen LogP contribution in [0.5, 0.6) is 0 Å². The topological polar surface area (TPSA) is 41.1 Å². The first-order valence-corrected chi connectivity index (χ1v) is 12.0. The fraction of sp³-hybridized carbons (Fsp3) is 0.500. The molecule has 2 aromatic rings. The van der Waals surface area contributed by atoms with Gasteiger partial charge < -0.3 is 10.6 Å². The van der Waals surface area contributed by atoms with Crippen LogP contribution >= 0.6 is 12.6 Å². The Balaban J connectivity index is 1.69. The molecule has 0 heterocycles. The fourth-order valence-corrected chi connectivity index (χ4v) is 4.88. The average Bonchev–Trinajstić information content (AvgIpc) is 2.70. The van der Waals surface area contributed by atoms with Crippen LogP contribution in [0.3, 0.4) is 0 Å². The Bertz CT molecular complexity index is 914. The van der Waals surface area contributed by atoms with Crippen molar-refractivity contribution in [1.82, 2.24) is 10.6 Å². The van der Waals surface area contributed by atoms with E-state index in [0.29, 0.717) is 24.4 Å². The highest BCUT2D eigenvalue weighted by molar-refractivity contribution is 7.81. The van der Waals surface area contributed by atoms with Gasteiger partial charge in [-0.2, -0.15) is 12.6 Å². The van der Waals surface area contributed by atoms with Crippen LogP contribution in [0.15, 0.2) is 36.4 Å². The molecule has 0 saturated carbocycles. The second-order valence-electron chi connectivity index (χ2n) is 9.34.